The van der Waals surface area contributed by atoms with E-state index in [0.29, 0.717) is 19.3 Å². The molecule has 0 radical (unpaired) electrons. The van der Waals surface area contributed by atoms with Gasteiger partial charge in [-0.25, -0.2) is 0 Å². The Bertz CT molecular complexity index is 398. The zero-order valence-electron chi connectivity index (χ0n) is 21.9. The molecule has 0 saturated carbocycles. The van der Waals surface area contributed by atoms with Gasteiger partial charge in [0.15, 0.2) is 0 Å². The Balaban J connectivity index is 0. The maximum atomic E-state index is 12.8. The Hall–Kier alpha value is -0.316. The third-order valence-corrected chi connectivity index (χ3v) is 9.14. The molecule has 5 heteroatoms. The van der Waals surface area contributed by atoms with Gasteiger partial charge in [-0.1, -0.05) is 13.8 Å². The third-order valence-electron chi connectivity index (χ3n) is 5.36. The van der Waals surface area contributed by atoms with Crippen molar-refractivity contribution in [3.8, 4) is 0 Å². The minimum atomic E-state index is -2.94. The summed E-state index contributed by atoms with van der Waals surface area (Å²) in [5.74, 6) is 0. The summed E-state index contributed by atoms with van der Waals surface area (Å²) >= 11 is -2.94. The summed E-state index contributed by atoms with van der Waals surface area (Å²) in [6.45, 7) is 9.75. The van der Waals surface area contributed by atoms with Gasteiger partial charge < -0.3 is 5.11 Å². The second kappa shape index (κ2) is 25.3. The van der Waals surface area contributed by atoms with E-state index in [9.17, 15) is 19.5 Å². The quantitative estimate of drug-likeness (QED) is 0.129. The van der Waals surface area contributed by atoms with Crippen LogP contribution in [-0.2, 0) is 32.3 Å². The minimum absolute atomic E-state index is 0.0496. The molecular formula is C27H52O4Ti. The summed E-state index contributed by atoms with van der Waals surface area (Å²) in [4.78, 5) is 38.3. The van der Waals surface area contributed by atoms with Gasteiger partial charge >= 0.3 is 181 Å². The molecule has 0 aromatic rings. The number of rotatable bonds is 21. The number of carbonyl (C=O) groups is 3. The summed E-state index contributed by atoms with van der Waals surface area (Å²) in [5, 5.41) is 9.53. The summed E-state index contributed by atoms with van der Waals surface area (Å²) in [6, 6.07) is 0. The van der Waals surface area contributed by atoms with Crippen molar-refractivity contribution < 1.29 is 37.4 Å². The van der Waals surface area contributed by atoms with Gasteiger partial charge in [0, 0.05) is 0 Å². The van der Waals surface area contributed by atoms with Gasteiger partial charge in [0.25, 0.3) is 0 Å². The van der Waals surface area contributed by atoms with E-state index >= 15 is 0 Å². The molecular weight excluding hydrogens is 436 g/mol. The van der Waals surface area contributed by atoms with Gasteiger partial charge in [0.1, 0.15) is 0 Å². The molecule has 0 aliphatic heterocycles. The number of unbranched alkanes of at least 4 members (excludes halogenated alkanes) is 12. The van der Waals surface area contributed by atoms with Crippen LogP contribution >= 0.6 is 0 Å². The van der Waals surface area contributed by atoms with Crippen LogP contribution in [0.1, 0.15) is 150 Å². The first-order valence-electron chi connectivity index (χ1n) is 13.4. The van der Waals surface area contributed by atoms with Crippen LogP contribution in [0.5, 0.6) is 0 Å². The van der Waals surface area contributed by atoms with Crippen LogP contribution < -0.4 is 5.11 Å². The molecule has 32 heavy (non-hydrogen) atoms. The van der Waals surface area contributed by atoms with Crippen molar-refractivity contribution in [1.29, 1.82) is 0 Å². The summed E-state index contributed by atoms with van der Waals surface area (Å²) < 4.78 is 0.149. The molecule has 0 saturated heterocycles. The summed E-state index contributed by atoms with van der Waals surface area (Å²) in [6.07, 6.45) is 17.2. The fraction of sp³-hybridized carbons (Fsp3) is 0.889. The van der Waals surface area contributed by atoms with Gasteiger partial charge in [-0.2, -0.15) is 0 Å². The van der Waals surface area contributed by atoms with Crippen molar-refractivity contribution in [2.24, 2.45) is 0 Å². The molecule has 0 amide bonds. The Kier molecular flexibility index (Phi) is 26.8. The van der Waals surface area contributed by atoms with E-state index in [1.54, 1.807) is 13.8 Å². The van der Waals surface area contributed by atoms with E-state index in [1.165, 1.54) is 38.5 Å². The van der Waals surface area contributed by atoms with Gasteiger partial charge in [-0.15, -0.1) is 6.10 Å². The van der Waals surface area contributed by atoms with Crippen molar-refractivity contribution in [2.45, 2.75) is 156 Å². The third kappa shape index (κ3) is 22.9. The van der Waals surface area contributed by atoms with Crippen molar-refractivity contribution in [2.75, 3.05) is 0 Å². The Labute approximate surface area is 205 Å². The average molecular weight is 489 g/mol. The second-order valence-electron chi connectivity index (χ2n) is 9.19. The predicted molar refractivity (Wildman–Crippen MR) is 130 cm³/mol. The van der Waals surface area contributed by atoms with Crippen molar-refractivity contribution >= 4 is 12.3 Å². The molecule has 0 spiro atoms. The Morgan fingerprint density at radius 3 is 0.969 bits per heavy atom. The molecule has 0 atom stereocenters. The van der Waals surface area contributed by atoms with Crippen molar-refractivity contribution in [3.05, 3.63) is 0 Å². The number of hydrogen-bond acceptors (Lipinski definition) is 4. The second-order valence-corrected chi connectivity index (χ2v) is 13.0. The monoisotopic (exact) mass is 488 g/mol. The molecule has 4 nitrogen and oxygen atoms in total. The standard InChI is InChI=1S/3C8H15O.C3H7O.Ti/c3*1-2-3-4-5-6-7-8-9;1-3(2)4;/h3*2-7H2,1H3;3H,1-2H3;/q;;;-1;+1. The predicted octanol–water partition coefficient (Wildman–Crippen LogP) is 7.02. The SMILES string of the molecule is CC(C)[O-].CCCCCCC[C](=O)[Ti+]([C](=O)CCCCCCC)[C](=O)CCCCCCC. The summed E-state index contributed by atoms with van der Waals surface area (Å²) in [7, 11) is 0. The van der Waals surface area contributed by atoms with Gasteiger partial charge in [0.05, 0.1) is 0 Å². The van der Waals surface area contributed by atoms with Crippen LogP contribution in [0.4, 0.5) is 0 Å². The van der Waals surface area contributed by atoms with E-state index in [0.717, 1.165) is 57.8 Å². The van der Waals surface area contributed by atoms with E-state index < -0.39 is 24.0 Å². The van der Waals surface area contributed by atoms with Gasteiger partial charge in [0.2, 0.25) is 0 Å². The van der Waals surface area contributed by atoms with E-state index in [4.69, 9.17) is 0 Å². The molecule has 0 unspecified atom stereocenters. The fourth-order valence-electron chi connectivity index (χ4n) is 3.51. The number of carbonyl (C=O) groups excluding carboxylic acids is 3. The van der Waals surface area contributed by atoms with E-state index in [2.05, 4.69) is 20.8 Å². The van der Waals surface area contributed by atoms with Crippen LogP contribution in [0.3, 0.4) is 0 Å². The topological polar surface area (TPSA) is 74.3 Å². The molecule has 0 N–H and O–H groups in total. The molecule has 0 heterocycles. The van der Waals surface area contributed by atoms with Crippen LogP contribution in [0.15, 0.2) is 0 Å². The Morgan fingerprint density at radius 2 is 0.750 bits per heavy atom. The molecule has 0 bridgehead atoms. The molecule has 0 aromatic heterocycles. The van der Waals surface area contributed by atoms with Crippen molar-refractivity contribution in [1.82, 2.24) is 0 Å². The molecule has 0 fully saturated rings. The summed E-state index contributed by atoms with van der Waals surface area (Å²) in [5.41, 5.74) is 0. The first-order valence-corrected chi connectivity index (χ1v) is 15.8. The molecule has 188 valence electrons. The normalized spacial score (nSPS) is 10.6. The molecule has 0 aliphatic carbocycles. The maximum absolute atomic E-state index is 12.8. The first kappa shape index (κ1) is 33.9. The van der Waals surface area contributed by atoms with Crippen LogP contribution in [0, 0.1) is 0 Å². The fourth-order valence-corrected chi connectivity index (χ4v) is 6.97. The molecule has 0 aromatic carbocycles. The van der Waals surface area contributed by atoms with Gasteiger partial charge in [-0.3, -0.25) is 0 Å². The molecule has 0 aliphatic rings. The first-order chi connectivity index (χ1) is 15.3. The Morgan fingerprint density at radius 1 is 0.531 bits per heavy atom. The van der Waals surface area contributed by atoms with Crippen LogP contribution in [0.2, 0.25) is 0 Å². The van der Waals surface area contributed by atoms with Gasteiger partial charge in [-0.05, 0) is 0 Å². The van der Waals surface area contributed by atoms with E-state index in [-0.39, 0.29) is 12.3 Å². The van der Waals surface area contributed by atoms with E-state index in [1.807, 2.05) is 0 Å². The zero-order chi connectivity index (χ0) is 24.6. The van der Waals surface area contributed by atoms with Crippen LogP contribution in [-0.4, -0.2) is 18.4 Å². The van der Waals surface area contributed by atoms with Crippen molar-refractivity contribution in [3.63, 3.8) is 0 Å². The van der Waals surface area contributed by atoms with Crippen LogP contribution in [0.25, 0.3) is 0 Å². The average Bonchev–Trinajstić information content (AvgIpc) is 2.73. The zero-order valence-corrected chi connectivity index (χ0v) is 23.5. The molecule has 0 rings (SSSR count). The number of hydrogen-bond donors (Lipinski definition) is 0.